The number of carboxylic acid groups (broad SMARTS) is 1. The summed E-state index contributed by atoms with van der Waals surface area (Å²) in [4.78, 5) is 28.1. The van der Waals surface area contributed by atoms with Gasteiger partial charge in [-0.1, -0.05) is 11.6 Å². The maximum absolute atomic E-state index is 12.0. The molecule has 0 radical (unpaired) electrons. The topological polar surface area (TPSA) is 127 Å². The molecule has 31 heavy (non-hydrogen) atoms. The number of aromatic nitrogens is 1. The number of furan rings is 2. The lowest BCUT2D eigenvalue weighted by atomic mass is 10.1. The highest BCUT2D eigenvalue weighted by molar-refractivity contribution is 6.30. The summed E-state index contributed by atoms with van der Waals surface area (Å²) < 4.78 is 16.4. The SMILES string of the molecule is C[C@@H](Cc1oc2c(NCc3ccco3)cc(Cl)nc2c1C(=O)O)NC(=O)OC(C)(C)C. The van der Waals surface area contributed by atoms with E-state index in [1.807, 2.05) is 0 Å². The van der Waals surface area contributed by atoms with Crippen molar-refractivity contribution in [3.8, 4) is 0 Å². The van der Waals surface area contributed by atoms with E-state index in [-0.39, 0.29) is 34.0 Å². The van der Waals surface area contributed by atoms with Gasteiger partial charge in [-0.2, -0.15) is 0 Å². The second-order valence-electron chi connectivity index (χ2n) is 8.06. The second kappa shape index (κ2) is 8.89. The highest BCUT2D eigenvalue weighted by Crippen LogP contribution is 2.33. The van der Waals surface area contributed by atoms with Crippen molar-refractivity contribution in [1.29, 1.82) is 0 Å². The van der Waals surface area contributed by atoms with Gasteiger partial charge in [-0.15, -0.1) is 0 Å². The Labute approximate surface area is 183 Å². The molecular weight excluding hydrogens is 426 g/mol. The number of nitrogens with one attached hydrogen (secondary N) is 2. The molecule has 3 heterocycles. The Morgan fingerprint density at radius 2 is 2.10 bits per heavy atom. The molecule has 10 heteroatoms. The molecular formula is C21H24ClN3O6. The predicted molar refractivity (Wildman–Crippen MR) is 115 cm³/mol. The Hall–Kier alpha value is -3.20. The van der Waals surface area contributed by atoms with Crippen LogP contribution in [0.25, 0.3) is 11.1 Å². The average molecular weight is 450 g/mol. The van der Waals surface area contributed by atoms with Crippen molar-refractivity contribution in [2.24, 2.45) is 0 Å². The molecule has 1 atom stereocenters. The summed E-state index contributed by atoms with van der Waals surface area (Å²) in [6.07, 6.45) is 1.07. The number of aromatic carboxylic acids is 1. The number of carboxylic acids is 1. The molecule has 0 saturated carbocycles. The minimum atomic E-state index is -1.20. The second-order valence-corrected chi connectivity index (χ2v) is 8.45. The van der Waals surface area contributed by atoms with E-state index in [0.717, 1.165) is 0 Å². The molecule has 0 aliphatic heterocycles. The van der Waals surface area contributed by atoms with Crippen molar-refractivity contribution >= 4 is 40.5 Å². The summed E-state index contributed by atoms with van der Waals surface area (Å²) in [5, 5.41) is 15.7. The molecule has 3 aromatic rings. The Balaban J connectivity index is 1.88. The van der Waals surface area contributed by atoms with Gasteiger partial charge in [0.25, 0.3) is 0 Å². The fourth-order valence-corrected chi connectivity index (χ4v) is 3.20. The zero-order chi connectivity index (χ0) is 22.8. The van der Waals surface area contributed by atoms with Crippen molar-refractivity contribution in [3.63, 3.8) is 0 Å². The highest BCUT2D eigenvalue weighted by atomic mass is 35.5. The van der Waals surface area contributed by atoms with Crippen LogP contribution in [0, 0.1) is 0 Å². The quantitative estimate of drug-likeness (QED) is 0.437. The van der Waals surface area contributed by atoms with Gasteiger partial charge in [-0.25, -0.2) is 14.6 Å². The third-order valence-corrected chi connectivity index (χ3v) is 4.38. The summed E-state index contributed by atoms with van der Waals surface area (Å²) in [5.74, 6) is -0.353. The molecule has 9 nitrogen and oxygen atoms in total. The van der Waals surface area contributed by atoms with Crippen LogP contribution < -0.4 is 10.6 Å². The lowest BCUT2D eigenvalue weighted by molar-refractivity contribution is 0.0507. The summed E-state index contributed by atoms with van der Waals surface area (Å²) >= 11 is 6.12. The number of nitrogens with zero attached hydrogens (tertiary/aromatic N) is 1. The summed E-state index contributed by atoms with van der Waals surface area (Å²) in [6.45, 7) is 7.33. The minimum absolute atomic E-state index is 0.101. The van der Waals surface area contributed by atoms with E-state index in [1.54, 1.807) is 52.2 Å². The van der Waals surface area contributed by atoms with E-state index in [2.05, 4.69) is 15.6 Å². The number of halogens is 1. The van der Waals surface area contributed by atoms with E-state index in [0.29, 0.717) is 18.0 Å². The standard InChI is InChI=1S/C21H24ClN3O6/c1-11(24-20(28)31-21(2,3)4)8-14-16(19(26)27)17-18(30-14)13(9-15(22)25-17)23-10-12-6-5-7-29-12/h5-7,9,11H,8,10H2,1-4H3,(H,23,25)(H,24,28)(H,26,27)/t11-/m0/s1. The Morgan fingerprint density at radius 1 is 1.35 bits per heavy atom. The van der Waals surface area contributed by atoms with Crippen LogP contribution in [-0.4, -0.2) is 33.8 Å². The molecule has 0 bridgehead atoms. The first kappa shape index (κ1) is 22.5. The Morgan fingerprint density at radius 3 is 2.71 bits per heavy atom. The number of alkyl carbamates (subject to hydrolysis) is 1. The fraction of sp³-hybridized carbons (Fsp3) is 0.381. The molecule has 3 aromatic heterocycles. The van der Waals surface area contributed by atoms with Crippen LogP contribution >= 0.6 is 11.6 Å². The lowest BCUT2D eigenvalue weighted by Crippen LogP contribution is -2.38. The minimum Gasteiger partial charge on any atom is -0.477 e. The summed E-state index contributed by atoms with van der Waals surface area (Å²) in [6, 6.07) is 4.66. The number of ether oxygens (including phenoxy) is 1. The molecule has 166 valence electrons. The largest absolute Gasteiger partial charge is 0.477 e. The average Bonchev–Trinajstić information content (AvgIpc) is 3.24. The van der Waals surface area contributed by atoms with Gasteiger partial charge < -0.3 is 29.3 Å². The highest BCUT2D eigenvalue weighted by Gasteiger charge is 2.26. The van der Waals surface area contributed by atoms with E-state index >= 15 is 0 Å². The van der Waals surface area contributed by atoms with Gasteiger partial charge in [0.2, 0.25) is 0 Å². The van der Waals surface area contributed by atoms with Crippen molar-refractivity contribution in [2.75, 3.05) is 5.32 Å². The van der Waals surface area contributed by atoms with Gasteiger partial charge in [0.15, 0.2) is 5.58 Å². The molecule has 0 spiro atoms. The van der Waals surface area contributed by atoms with Crippen molar-refractivity contribution < 1.29 is 28.3 Å². The lowest BCUT2D eigenvalue weighted by Gasteiger charge is -2.21. The Kier molecular flexibility index (Phi) is 6.45. The third-order valence-electron chi connectivity index (χ3n) is 4.18. The van der Waals surface area contributed by atoms with Gasteiger partial charge in [-0.05, 0) is 39.8 Å². The van der Waals surface area contributed by atoms with Crippen LogP contribution in [0.2, 0.25) is 5.15 Å². The number of hydrogen-bond donors (Lipinski definition) is 3. The number of carbonyl (C=O) groups excluding carboxylic acids is 1. The maximum Gasteiger partial charge on any atom is 0.407 e. The first-order valence-corrected chi connectivity index (χ1v) is 10.0. The van der Waals surface area contributed by atoms with E-state index < -0.39 is 23.7 Å². The molecule has 0 unspecified atom stereocenters. The molecule has 3 N–H and O–H groups in total. The van der Waals surface area contributed by atoms with E-state index in [9.17, 15) is 14.7 Å². The Bertz CT molecular complexity index is 1080. The third kappa shape index (κ3) is 5.69. The van der Waals surface area contributed by atoms with E-state index in [4.69, 9.17) is 25.2 Å². The summed E-state index contributed by atoms with van der Waals surface area (Å²) in [7, 11) is 0. The van der Waals surface area contributed by atoms with Gasteiger partial charge in [0.05, 0.1) is 18.5 Å². The number of carbonyl (C=O) groups is 2. The molecule has 0 fully saturated rings. The fourth-order valence-electron chi connectivity index (χ4n) is 3.01. The maximum atomic E-state index is 12.0. The summed E-state index contributed by atoms with van der Waals surface area (Å²) in [5.41, 5.74) is 0.114. The van der Waals surface area contributed by atoms with Gasteiger partial charge in [-0.3, -0.25) is 0 Å². The monoisotopic (exact) mass is 449 g/mol. The normalized spacial score (nSPS) is 12.5. The zero-order valence-corrected chi connectivity index (χ0v) is 18.4. The molecule has 0 aliphatic carbocycles. The first-order valence-electron chi connectivity index (χ1n) is 9.64. The van der Waals surface area contributed by atoms with Crippen LogP contribution in [0.3, 0.4) is 0 Å². The van der Waals surface area contributed by atoms with Crippen LogP contribution in [0.4, 0.5) is 10.5 Å². The van der Waals surface area contributed by atoms with Crippen LogP contribution in [0.15, 0.2) is 33.3 Å². The van der Waals surface area contributed by atoms with E-state index in [1.165, 1.54) is 0 Å². The molecule has 0 aliphatic rings. The smallest absolute Gasteiger partial charge is 0.407 e. The van der Waals surface area contributed by atoms with Crippen molar-refractivity contribution in [2.45, 2.75) is 52.3 Å². The molecule has 0 aromatic carbocycles. The predicted octanol–water partition coefficient (Wildman–Crippen LogP) is 4.84. The van der Waals surface area contributed by atoms with Gasteiger partial charge in [0.1, 0.15) is 33.4 Å². The number of anilines is 1. The molecule has 0 saturated heterocycles. The first-order chi connectivity index (χ1) is 14.5. The number of pyridine rings is 1. The number of hydrogen-bond acceptors (Lipinski definition) is 7. The van der Waals surface area contributed by atoms with Crippen molar-refractivity contribution in [3.05, 3.63) is 46.7 Å². The van der Waals surface area contributed by atoms with Crippen LogP contribution in [0.5, 0.6) is 0 Å². The van der Waals surface area contributed by atoms with Gasteiger partial charge in [0, 0.05) is 18.5 Å². The van der Waals surface area contributed by atoms with Gasteiger partial charge >= 0.3 is 12.1 Å². The zero-order valence-electron chi connectivity index (χ0n) is 17.6. The van der Waals surface area contributed by atoms with Crippen LogP contribution in [-0.2, 0) is 17.7 Å². The number of rotatable bonds is 7. The van der Waals surface area contributed by atoms with Crippen molar-refractivity contribution in [1.82, 2.24) is 10.3 Å². The number of fused-ring (bicyclic) bond motifs is 1. The molecule has 1 amide bonds. The molecule has 3 rings (SSSR count). The number of amides is 1. The van der Waals surface area contributed by atoms with Crippen LogP contribution in [0.1, 0.15) is 49.6 Å².